The van der Waals surface area contributed by atoms with Gasteiger partial charge in [-0.05, 0) is 74.1 Å². The number of sulfonamides is 1. The van der Waals surface area contributed by atoms with Crippen LogP contribution in [0, 0.1) is 19.8 Å². The average Bonchev–Trinajstić information content (AvgIpc) is 2.61. The Morgan fingerprint density at radius 3 is 2.25 bits per heavy atom. The third kappa shape index (κ3) is 4.47. The molecule has 7 heteroatoms. The highest BCUT2D eigenvalue weighted by atomic mass is 32.2. The molecular weight excluding hydrogens is 376 g/mol. The van der Waals surface area contributed by atoms with Crippen LogP contribution in [0.15, 0.2) is 41.3 Å². The van der Waals surface area contributed by atoms with E-state index in [1.807, 2.05) is 19.9 Å². The fourth-order valence-corrected chi connectivity index (χ4v) is 4.82. The second kappa shape index (κ2) is 7.83. The standard InChI is InChI=1S/C21H26N2O4S/c1-14-6-8-23(9-7-14)20-5-4-17(21(24)25)13-19(20)22-28(26,27)18-11-15(2)10-16(3)12-18/h4-5,10-14,22H,6-9H2,1-3H3,(H,24,25). The molecule has 0 aromatic heterocycles. The van der Waals surface area contributed by atoms with Crippen molar-refractivity contribution in [1.29, 1.82) is 0 Å². The summed E-state index contributed by atoms with van der Waals surface area (Å²) in [6.07, 6.45) is 2.04. The zero-order chi connectivity index (χ0) is 20.5. The van der Waals surface area contributed by atoms with Crippen molar-refractivity contribution in [2.24, 2.45) is 5.92 Å². The first-order valence-electron chi connectivity index (χ1n) is 9.39. The molecule has 0 atom stereocenters. The first-order chi connectivity index (χ1) is 13.2. The summed E-state index contributed by atoms with van der Waals surface area (Å²) in [5.41, 5.74) is 2.76. The van der Waals surface area contributed by atoms with Crippen LogP contribution in [0.1, 0.15) is 41.3 Å². The molecule has 150 valence electrons. The number of anilines is 2. The number of rotatable bonds is 5. The Morgan fingerprint density at radius 2 is 1.68 bits per heavy atom. The van der Waals surface area contributed by atoms with Crippen molar-refractivity contribution in [1.82, 2.24) is 0 Å². The average molecular weight is 403 g/mol. The number of aryl methyl sites for hydroxylation is 2. The van der Waals surface area contributed by atoms with Crippen molar-refractivity contribution in [3.8, 4) is 0 Å². The van der Waals surface area contributed by atoms with Crippen molar-refractivity contribution in [3.05, 3.63) is 53.1 Å². The van der Waals surface area contributed by atoms with Gasteiger partial charge in [0, 0.05) is 13.1 Å². The second-order valence-corrected chi connectivity index (χ2v) is 9.32. The van der Waals surface area contributed by atoms with Gasteiger partial charge in [-0.1, -0.05) is 13.0 Å². The van der Waals surface area contributed by atoms with Gasteiger partial charge in [0.15, 0.2) is 0 Å². The largest absolute Gasteiger partial charge is 0.478 e. The Kier molecular flexibility index (Phi) is 5.65. The smallest absolute Gasteiger partial charge is 0.335 e. The van der Waals surface area contributed by atoms with Crippen LogP contribution in [-0.2, 0) is 10.0 Å². The van der Waals surface area contributed by atoms with Crippen molar-refractivity contribution in [2.45, 2.75) is 38.5 Å². The molecule has 0 bridgehead atoms. The van der Waals surface area contributed by atoms with Gasteiger partial charge in [-0.2, -0.15) is 0 Å². The van der Waals surface area contributed by atoms with Crippen molar-refractivity contribution >= 4 is 27.4 Å². The summed E-state index contributed by atoms with van der Waals surface area (Å²) < 4.78 is 28.6. The SMILES string of the molecule is Cc1cc(C)cc(S(=O)(=O)Nc2cc(C(=O)O)ccc2N2CCC(C)CC2)c1. The van der Waals surface area contributed by atoms with Crippen molar-refractivity contribution in [2.75, 3.05) is 22.7 Å². The first-order valence-corrected chi connectivity index (χ1v) is 10.9. The number of piperidine rings is 1. The Morgan fingerprint density at radius 1 is 1.07 bits per heavy atom. The molecule has 28 heavy (non-hydrogen) atoms. The van der Waals surface area contributed by atoms with Gasteiger partial charge in [0.2, 0.25) is 0 Å². The lowest BCUT2D eigenvalue weighted by Gasteiger charge is -2.33. The minimum atomic E-state index is -3.84. The lowest BCUT2D eigenvalue weighted by atomic mass is 9.98. The Labute approximate surface area is 166 Å². The number of nitrogens with zero attached hydrogens (tertiary/aromatic N) is 1. The van der Waals surface area contributed by atoms with Crippen LogP contribution in [-0.4, -0.2) is 32.6 Å². The number of aromatic carboxylic acids is 1. The number of benzene rings is 2. The number of nitrogens with one attached hydrogen (secondary N) is 1. The van der Waals surface area contributed by atoms with Gasteiger partial charge in [0.05, 0.1) is 21.8 Å². The molecule has 0 spiro atoms. The molecule has 1 aliphatic rings. The van der Waals surface area contributed by atoms with E-state index < -0.39 is 16.0 Å². The van der Waals surface area contributed by atoms with E-state index >= 15 is 0 Å². The Hall–Kier alpha value is -2.54. The predicted octanol–water partition coefficient (Wildman–Crippen LogP) is 4.04. The summed E-state index contributed by atoms with van der Waals surface area (Å²) in [6, 6.07) is 9.74. The number of carboxylic acid groups (broad SMARTS) is 1. The molecule has 1 heterocycles. The quantitative estimate of drug-likeness (QED) is 0.788. The molecule has 1 fully saturated rings. The van der Waals surface area contributed by atoms with Gasteiger partial charge in [-0.25, -0.2) is 13.2 Å². The van der Waals surface area contributed by atoms with E-state index in [4.69, 9.17) is 0 Å². The van der Waals surface area contributed by atoms with Gasteiger partial charge < -0.3 is 10.0 Å². The molecule has 0 amide bonds. The van der Waals surface area contributed by atoms with Crippen LogP contribution >= 0.6 is 0 Å². The molecule has 6 nitrogen and oxygen atoms in total. The minimum absolute atomic E-state index is 0.0484. The maximum atomic E-state index is 13.0. The van der Waals surface area contributed by atoms with E-state index in [1.165, 1.54) is 12.1 Å². The van der Waals surface area contributed by atoms with Gasteiger partial charge in [-0.15, -0.1) is 0 Å². The molecule has 0 unspecified atom stereocenters. The topological polar surface area (TPSA) is 86.7 Å². The highest BCUT2D eigenvalue weighted by Crippen LogP contribution is 2.32. The maximum absolute atomic E-state index is 13.0. The van der Waals surface area contributed by atoms with Gasteiger partial charge in [0.1, 0.15) is 0 Å². The summed E-state index contributed by atoms with van der Waals surface area (Å²) in [6.45, 7) is 7.51. The van der Waals surface area contributed by atoms with Crippen LogP contribution in [0.4, 0.5) is 11.4 Å². The molecule has 2 aromatic carbocycles. The minimum Gasteiger partial charge on any atom is -0.478 e. The van der Waals surface area contributed by atoms with Crippen molar-refractivity contribution in [3.63, 3.8) is 0 Å². The summed E-state index contributed by atoms with van der Waals surface area (Å²) in [4.78, 5) is 13.7. The highest BCUT2D eigenvalue weighted by molar-refractivity contribution is 7.92. The molecule has 1 saturated heterocycles. The zero-order valence-corrected chi connectivity index (χ0v) is 17.2. The summed E-state index contributed by atoms with van der Waals surface area (Å²) >= 11 is 0. The molecule has 0 aliphatic carbocycles. The Bertz CT molecular complexity index is 973. The number of hydrogen-bond acceptors (Lipinski definition) is 4. The highest BCUT2D eigenvalue weighted by Gasteiger charge is 2.23. The molecule has 1 aliphatic heterocycles. The van der Waals surface area contributed by atoms with E-state index in [1.54, 1.807) is 18.2 Å². The Balaban J connectivity index is 2.00. The molecular formula is C21H26N2O4S. The predicted molar refractivity (Wildman–Crippen MR) is 111 cm³/mol. The monoisotopic (exact) mass is 402 g/mol. The zero-order valence-electron chi connectivity index (χ0n) is 16.4. The molecule has 0 radical (unpaired) electrons. The maximum Gasteiger partial charge on any atom is 0.335 e. The lowest BCUT2D eigenvalue weighted by molar-refractivity contribution is 0.0697. The summed E-state index contributed by atoms with van der Waals surface area (Å²) in [5.74, 6) is -0.462. The van der Waals surface area contributed by atoms with Gasteiger partial charge in [-0.3, -0.25) is 4.72 Å². The number of hydrogen-bond donors (Lipinski definition) is 2. The van der Waals surface area contributed by atoms with Crippen LogP contribution in [0.5, 0.6) is 0 Å². The van der Waals surface area contributed by atoms with E-state index in [-0.39, 0.29) is 10.5 Å². The third-order valence-corrected chi connectivity index (χ3v) is 6.46. The fraction of sp³-hybridized carbons (Fsp3) is 0.381. The lowest BCUT2D eigenvalue weighted by Crippen LogP contribution is -2.33. The van der Waals surface area contributed by atoms with Gasteiger partial charge >= 0.3 is 5.97 Å². The molecule has 2 N–H and O–H groups in total. The van der Waals surface area contributed by atoms with Crippen molar-refractivity contribution < 1.29 is 18.3 Å². The fourth-order valence-electron chi connectivity index (χ4n) is 3.57. The van der Waals surface area contributed by atoms with Crippen LogP contribution in [0.2, 0.25) is 0 Å². The van der Waals surface area contributed by atoms with E-state index in [0.29, 0.717) is 17.3 Å². The van der Waals surface area contributed by atoms with E-state index in [2.05, 4.69) is 16.5 Å². The first kappa shape index (κ1) is 20.2. The molecule has 2 aromatic rings. The third-order valence-electron chi connectivity index (χ3n) is 5.12. The van der Waals surface area contributed by atoms with Crippen LogP contribution < -0.4 is 9.62 Å². The molecule has 0 saturated carbocycles. The number of carbonyl (C=O) groups is 1. The summed E-state index contributed by atoms with van der Waals surface area (Å²) in [5, 5.41) is 9.34. The second-order valence-electron chi connectivity index (χ2n) is 7.64. The van der Waals surface area contributed by atoms with Gasteiger partial charge in [0.25, 0.3) is 10.0 Å². The van der Waals surface area contributed by atoms with Crippen LogP contribution in [0.25, 0.3) is 0 Å². The van der Waals surface area contributed by atoms with E-state index in [9.17, 15) is 18.3 Å². The van der Waals surface area contributed by atoms with E-state index in [0.717, 1.165) is 37.1 Å². The normalized spacial score (nSPS) is 15.5. The van der Waals surface area contributed by atoms with Crippen LogP contribution in [0.3, 0.4) is 0 Å². The summed E-state index contributed by atoms with van der Waals surface area (Å²) in [7, 11) is -3.84. The number of carboxylic acids is 1. The molecule has 3 rings (SSSR count).